The summed E-state index contributed by atoms with van der Waals surface area (Å²) in [6, 6.07) is 15.5. The number of carbonyl (C=O) groups is 1. The summed E-state index contributed by atoms with van der Waals surface area (Å²) in [5.41, 5.74) is 2.77. The van der Waals surface area contributed by atoms with Crippen molar-refractivity contribution in [3.63, 3.8) is 0 Å². The van der Waals surface area contributed by atoms with Crippen LogP contribution in [0.2, 0.25) is 0 Å². The van der Waals surface area contributed by atoms with Crippen molar-refractivity contribution in [3.8, 4) is 11.5 Å². The van der Waals surface area contributed by atoms with Gasteiger partial charge in [0.1, 0.15) is 5.69 Å². The molecule has 0 aliphatic carbocycles. The number of hydrogen-bond acceptors (Lipinski definition) is 5. The maximum absolute atomic E-state index is 12.8. The number of amides is 1. The Hall–Kier alpha value is -3.15. The van der Waals surface area contributed by atoms with Crippen LogP contribution in [0, 0.1) is 0 Å². The lowest BCUT2D eigenvalue weighted by Crippen LogP contribution is -2.49. The van der Waals surface area contributed by atoms with E-state index >= 15 is 0 Å². The first kappa shape index (κ1) is 19.2. The van der Waals surface area contributed by atoms with Crippen LogP contribution in [0.5, 0.6) is 0 Å². The number of aromatic nitrogens is 2. The predicted molar refractivity (Wildman–Crippen MR) is 113 cm³/mol. The zero-order chi connectivity index (χ0) is 20.4. The van der Waals surface area contributed by atoms with Crippen molar-refractivity contribution in [3.05, 3.63) is 65.9 Å². The Morgan fingerprint density at radius 1 is 0.931 bits per heavy atom. The van der Waals surface area contributed by atoms with Gasteiger partial charge in [-0.05, 0) is 47.4 Å². The molecular formula is C23H26N4O2. The van der Waals surface area contributed by atoms with Crippen LogP contribution < -0.4 is 4.90 Å². The van der Waals surface area contributed by atoms with Crippen molar-refractivity contribution >= 4 is 11.7 Å². The van der Waals surface area contributed by atoms with Crippen molar-refractivity contribution in [2.24, 2.45) is 0 Å². The van der Waals surface area contributed by atoms with Crippen LogP contribution in [0.1, 0.15) is 36.7 Å². The van der Waals surface area contributed by atoms with E-state index in [1.54, 1.807) is 6.26 Å². The van der Waals surface area contributed by atoms with Gasteiger partial charge in [-0.2, -0.15) is 0 Å². The van der Waals surface area contributed by atoms with Crippen molar-refractivity contribution in [2.45, 2.75) is 26.2 Å². The third-order valence-electron chi connectivity index (χ3n) is 5.31. The quantitative estimate of drug-likeness (QED) is 0.676. The molecule has 3 heterocycles. The van der Waals surface area contributed by atoms with E-state index < -0.39 is 0 Å². The van der Waals surface area contributed by atoms with Crippen molar-refractivity contribution in [1.29, 1.82) is 0 Å². The molecule has 6 heteroatoms. The van der Waals surface area contributed by atoms with Gasteiger partial charge in [-0.15, -0.1) is 10.2 Å². The number of hydrogen-bond donors (Lipinski definition) is 0. The fourth-order valence-electron chi connectivity index (χ4n) is 3.48. The molecule has 0 N–H and O–H groups in total. The van der Waals surface area contributed by atoms with E-state index in [-0.39, 0.29) is 11.3 Å². The maximum Gasteiger partial charge on any atom is 0.253 e. The molecule has 0 unspecified atom stereocenters. The molecule has 2 aromatic heterocycles. The van der Waals surface area contributed by atoms with Crippen molar-refractivity contribution < 1.29 is 9.21 Å². The van der Waals surface area contributed by atoms with E-state index in [0.29, 0.717) is 24.5 Å². The molecule has 0 saturated carbocycles. The third kappa shape index (κ3) is 4.16. The SMILES string of the molecule is CC(C)(C)c1ccc(C(=O)N2CCN(c3ccc(-c4ccco4)nn3)CC2)cc1. The standard InChI is InChI=1S/C23H26N4O2/c1-23(2,3)18-8-6-17(7-9-18)22(28)27-14-12-26(13-15-27)21-11-10-19(24-25-21)20-5-4-16-29-20/h4-11,16H,12-15H2,1-3H3. The van der Waals surface area contributed by atoms with Crippen molar-refractivity contribution in [2.75, 3.05) is 31.1 Å². The zero-order valence-corrected chi connectivity index (χ0v) is 17.1. The smallest absolute Gasteiger partial charge is 0.253 e. The molecule has 1 amide bonds. The minimum absolute atomic E-state index is 0.0841. The Labute approximate surface area is 171 Å². The molecule has 1 saturated heterocycles. The van der Waals surface area contributed by atoms with Crippen LogP contribution in [-0.4, -0.2) is 47.2 Å². The summed E-state index contributed by atoms with van der Waals surface area (Å²) in [6.45, 7) is 9.33. The third-order valence-corrected chi connectivity index (χ3v) is 5.31. The molecule has 6 nitrogen and oxygen atoms in total. The van der Waals surface area contributed by atoms with Gasteiger partial charge in [-0.1, -0.05) is 32.9 Å². The fraction of sp³-hybridized carbons (Fsp3) is 0.348. The molecule has 0 spiro atoms. The Kier molecular flexibility index (Phi) is 5.09. The molecule has 3 aromatic rings. The second-order valence-corrected chi connectivity index (χ2v) is 8.36. The van der Waals surface area contributed by atoms with Gasteiger partial charge in [0.2, 0.25) is 0 Å². The van der Waals surface area contributed by atoms with Crippen LogP contribution in [-0.2, 0) is 5.41 Å². The number of benzene rings is 1. The number of rotatable bonds is 3. The van der Waals surface area contributed by atoms with Gasteiger partial charge in [0.05, 0.1) is 6.26 Å². The Morgan fingerprint density at radius 2 is 1.66 bits per heavy atom. The van der Waals surface area contributed by atoms with E-state index in [9.17, 15) is 4.79 Å². The van der Waals surface area contributed by atoms with E-state index in [4.69, 9.17) is 4.42 Å². The number of anilines is 1. The lowest BCUT2D eigenvalue weighted by molar-refractivity contribution is 0.0746. The van der Waals surface area contributed by atoms with Crippen LogP contribution in [0.3, 0.4) is 0 Å². The highest BCUT2D eigenvalue weighted by molar-refractivity contribution is 5.94. The molecule has 29 heavy (non-hydrogen) atoms. The van der Waals surface area contributed by atoms with Crippen molar-refractivity contribution in [1.82, 2.24) is 15.1 Å². The number of nitrogens with zero attached hydrogens (tertiary/aromatic N) is 4. The van der Waals surface area contributed by atoms with Gasteiger partial charge < -0.3 is 14.2 Å². The highest BCUT2D eigenvalue weighted by atomic mass is 16.3. The van der Waals surface area contributed by atoms with E-state index in [1.807, 2.05) is 41.3 Å². The van der Waals surface area contributed by atoms with E-state index in [1.165, 1.54) is 5.56 Å². The van der Waals surface area contributed by atoms with Crippen LogP contribution in [0.15, 0.2) is 59.2 Å². The average molecular weight is 390 g/mol. The van der Waals surface area contributed by atoms with Gasteiger partial charge in [0.15, 0.2) is 11.6 Å². The van der Waals surface area contributed by atoms with Gasteiger partial charge in [-0.25, -0.2) is 0 Å². The molecule has 150 valence electrons. The van der Waals surface area contributed by atoms with Crippen LogP contribution in [0.25, 0.3) is 11.5 Å². The van der Waals surface area contributed by atoms with E-state index in [0.717, 1.165) is 24.5 Å². The van der Waals surface area contributed by atoms with Crippen LogP contribution >= 0.6 is 0 Å². The highest BCUT2D eigenvalue weighted by Crippen LogP contribution is 2.23. The summed E-state index contributed by atoms with van der Waals surface area (Å²) >= 11 is 0. The van der Waals surface area contributed by atoms with Gasteiger partial charge in [-0.3, -0.25) is 4.79 Å². The minimum atomic E-state index is 0.0841. The Bertz CT molecular complexity index is 950. The largest absolute Gasteiger partial charge is 0.463 e. The summed E-state index contributed by atoms with van der Waals surface area (Å²) in [5.74, 6) is 1.61. The number of carbonyl (C=O) groups excluding carboxylic acids is 1. The normalized spacial score (nSPS) is 14.9. The van der Waals surface area contributed by atoms with E-state index in [2.05, 4.69) is 48.0 Å². The molecule has 0 radical (unpaired) electrons. The highest BCUT2D eigenvalue weighted by Gasteiger charge is 2.23. The second kappa shape index (κ2) is 7.70. The first-order valence-corrected chi connectivity index (χ1v) is 9.94. The second-order valence-electron chi connectivity index (χ2n) is 8.36. The number of furan rings is 1. The van der Waals surface area contributed by atoms with Gasteiger partial charge >= 0.3 is 0 Å². The zero-order valence-electron chi connectivity index (χ0n) is 17.1. The topological polar surface area (TPSA) is 62.5 Å². The van der Waals surface area contributed by atoms with Gasteiger partial charge in [0, 0.05) is 31.7 Å². The Morgan fingerprint density at radius 3 is 2.21 bits per heavy atom. The van der Waals surface area contributed by atoms with Crippen LogP contribution in [0.4, 0.5) is 5.82 Å². The molecule has 1 fully saturated rings. The molecule has 1 aromatic carbocycles. The first-order chi connectivity index (χ1) is 13.9. The molecular weight excluding hydrogens is 364 g/mol. The monoisotopic (exact) mass is 390 g/mol. The predicted octanol–water partition coefficient (Wildman–Crippen LogP) is 4.00. The average Bonchev–Trinajstić information content (AvgIpc) is 3.28. The molecule has 1 aliphatic heterocycles. The summed E-state index contributed by atoms with van der Waals surface area (Å²) in [6.07, 6.45) is 1.62. The first-order valence-electron chi connectivity index (χ1n) is 9.94. The minimum Gasteiger partial charge on any atom is -0.463 e. The molecule has 0 atom stereocenters. The molecule has 4 rings (SSSR count). The number of piperazine rings is 1. The summed E-state index contributed by atoms with van der Waals surface area (Å²) < 4.78 is 5.35. The summed E-state index contributed by atoms with van der Waals surface area (Å²) in [4.78, 5) is 16.9. The maximum atomic E-state index is 12.8. The summed E-state index contributed by atoms with van der Waals surface area (Å²) in [7, 11) is 0. The molecule has 0 bridgehead atoms. The lowest BCUT2D eigenvalue weighted by atomic mass is 9.86. The van der Waals surface area contributed by atoms with Gasteiger partial charge in [0.25, 0.3) is 5.91 Å². The molecule has 1 aliphatic rings. The fourth-order valence-corrected chi connectivity index (χ4v) is 3.48. The lowest BCUT2D eigenvalue weighted by Gasteiger charge is -2.35. The Balaban J connectivity index is 1.37. The summed E-state index contributed by atoms with van der Waals surface area (Å²) in [5, 5.41) is 8.59.